The molecule has 1 aliphatic heterocycles. The normalized spacial score (nSPS) is 25.1. The Labute approximate surface area is 170 Å². The van der Waals surface area contributed by atoms with Gasteiger partial charge in [-0.25, -0.2) is 0 Å². The Morgan fingerprint density at radius 1 is 0.933 bits per heavy atom. The van der Waals surface area contributed by atoms with Crippen molar-refractivity contribution in [2.24, 2.45) is 5.11 Å². The lowest BCUT2D eigenvalue weighted by atomic mass is 9.96. The maximum atomic E-state index is 12.1. The molecule has 0 unspecified atom stereocenters. The maximum absolute atomic E-state index is 12.1. The topological polar surface area (TPSA) is 192 Å². The van der Waals surface area contributed by atoms with Gasteiger partial charge in [0.1, 0.15) is 25.3 Å². The summed E-state index contributed by atoms with van der Waals surface area (Å²) >= 11 is 0. The molecule has 5 atom stereocenters. The van der Waals surface area contributed by atoms with Crippen molar-refractivity contribution in [2.45, 2.75) is 58.3 Å². The third kappa shape index (κ3) is 7.93. The van der Waals surface area contributed by atoms with Crippen molar-refractivity contribution in [3.05, 3.63) is 10.4 Å². The SMILES string of the molecule is CC(=O)OC[C@H]1O[C@@H](OC(C)=O)[C@H](NC(=O)CN=[N+]=[N-])[C@@H](OC(C)=O)[C@@H]1OC(C)=O. The summed E-state index contributed by atoms with van der Waals surface area (Å²) in [5.74, 6) is -3.86. The molecule has 1 rings (SSSR count). The van der Waals surface area contributed by atoms with E-state index in [0.717, 1.165) is 27.7 Å². The van der Waals surface area contributed by atoms with Crippen LogP contribution in [0.3, 0.4) is 0 Å². The predicted octanol–water partition coefficient (Wildman–Crippen LogP) is -0.504. The second-order valence-electron chi connectivity index (χ2n) is 6.09. The molecule has 0 bridgehead atoms. The third-order valence-electron chi connectivity index (χ3n) is 3.59. The number of carbonyl (C=O) groups is 5. The Hall–Kier alpha value is -3.38. The number of nitrogens with one attached hydrogen (secondary N) is 1. The molecule has 14 nitrogen and oxygen atoms in total. The fourth-order valence-electron chi connectivity index (χ4n) is 2.65. The molecule has 14 heteroatoms. The monoisotopic (exact) mass is 430 g/mol. The van der Waals surface area contributed by atoms with Crippen molar-refractivity contribution in [3.63, 3.8) is 0 Å². The summed E-state index contributed by atoms with van der Waals surface area (Å²) in [6, 6.07) is -1.34. The highest BCUT2D eigenvalue weighted by atomic mass is 16.7. The van der Waals surface area contributed by atoms with Crippen LogP contribution in [0.25, 0.3) is 10.4 Å². The molecule has 0 aromatic carbocycles. The van der Waals surface area contributed by atoms with Gasteiger partial charge in [-0.1, -0.05) is 5.11 Å². The van der Waals surface area contributed by atoms with Gasteiger partial charge in [0.2, 0.25) is 12.2 Å². The Bertz CT molecular complexity index is 736. The number of hydrogen-bond donors (Lipinski definition) is 1. The van der Waals surface area contributed by atoms with Crippen LogP contribution in [-0.4, -0.2) is 73.6 Å². The van der Waals surface area contributed by atoms with Gasteiger partial charge in [0.05, 0.1) is 0 Å². The average Bonchev–Trinajstić information content (AvgIpc) is 2.62. The Kier molecular flexibility index (Phi) is 9.52. The summed E-state index contributed by atoms with van der Waals surface area (Å²) in [5.41, 5.74) is 8.36. The highest BCUT2D eigenvalue weighted by Gasteiger charge is 2.52. The van der Waals surface area contributed by atoms with Crippen LogP contribution in [-0.2, 0) is 47.7 Å². The van der Waals surface area contributed by atoms with Crippen LogP contribution in [0.4, 0.5) is 0 Å². The van der Waals surface area contributed by atoms with Crippen molar-refractivity contribution in [1.82, 2.24) is 5.32 Å². The zero-order valence-corrected chi connectivity index (χ0v) is 16.7. The fourth-order valence-corrected chi connectivity index (χ4v) is 2.65. The lowest BCUT2D eigenvalue weighted by Crippen LogP contribution is -2.67. The zero-order valence-electron chi connectivity index (χ0n) is 16.7. The molecule has 0 spiro atoms. The van der Waals surface area contributed by atoms with Crippen molar-refractivity contribution in [2.75, 3.05) is 13.2 Å². The van der Waals surface area contributed by atoms with E-state index in [1.807, 2.05) is 0 Å². The minimum absolute atomic E-state index is 0.428. The van der Waals surface area contributed by atoms with E-state index in [-0.39, 0.29) is 0 Å². The minimum atomic E-state index is -1.51. The number of amides is 1. The Balaban J connectivity index is 3.33. The number of carbonyl (C=O) groups excluding carboxylic acids is 5. The molecule has 1 amide bonds. The van der Waals surface area contributed by atoms with E-state index in [0.29, 0.717) is 0 Å². The third-order valence-corrected chi connectivity index (χ3v) is 3.59. The summed E-state index contributed by atoms with van der Waals surface area (Å²) < 4.78 is 25.9. The van der Waals surface area contributed by atoms with Crippen LogP contribution in [0.5, 0.6) is 0 Å². The highest BCUT2D eigenvalue weighted by Crippen LogP contribution is 2.28. The molecule has 1 heterocycles. The van der Waals surface area contributed by atoms with Crippen LogP contribution >= 0.6 is 0 Å². The van der Waals surface area contributed by atoms with Crippen molar-refractivity contribution in [3.8, 4) is 0 Å². The number of nitrogens with zero attached hydrogens (tertiary/aromatic N) is 3. The molecule has 0 aliphatic carbocycles. The van der Waals surface area contributed by atoms with Crippen LogP contribution in [0.2, 0.25) is 0 Å². The summed E-state index contributed by atoms with van der Waals surface area (Å²) in [6.45, 7) is 3.32. The van der Waals surface area contributed by atoms with Gasteiger partial charge < -0.3 is 29.0 Å². The standard InChI is InChI=1S/C16H22N4O10/c1-7(21)26-6-11-14(27-8(2)22)15(28-9(3)23)13(16(30-11)29-10(4)24)19-12(25)5-18-20-17/h11,13-16H,5-6H2,1-4H3,(H,19,25)/t11-,13-,14-,15-,16-/m1/s1. The number of rotatable bonds is 8. The van der Waals surface area contributed by atoms with Gasteiger partial charge >= 0.3 is 23.9 Å². The molecule has 0 saturated carbocycles. The lowest BCUT2D eigenvalue weighted by Gasteiger charge is -2.44. The first-order valence-electron chi connectivity index (χ1n) is 8.65. The highest BCUT2D eigenvalue weighted by molar-refractivity contribution is 5.79. The van der Waals surface area contributed by atoms with E-state index in [9.17, 15) is 24.0 Å². The number of azide groups is 1. The second-order valence-corrected chi connectivity index (χ2v) is 6.09. The average molecular weight is 430 g/mol. The van der Waals surface area contributed by atoms with Gasteiger partial charge in [-0.3, -0.25) is 24.0 Å². The first kappa shape index (κ1) is 24.7. The molecule has 0 aromatic heterocycles. The summed E-state index contributed by atoms with van der Waals surface area (Å²) in [5, 5.41) is 5.48. The summed E-state index contributed by atoms with van der Waals surface area (Å²) in [6.07, 6.45) is -5.42. The Morgan fingerprint density at radius 2 is 1.50 bits per heavy atom. The first-order chi connectivity index (χ1) is 14.0. The van der Waals surface area contributed by atoms with E-state index in [1.54, 1.807) is 0 Å². The van der Waals surface area contributed by atoms with Crippen molar-refractivity contribution >= 4 is 29.8 Å². The van der Waals surface area contributed by atoms with Crippen LogP contribution < -0.4 is 5.32 Å². The van der Waals surface area contributed by atoms with E-state index in [4.69, 9.17) is 29.2 Å². The molecule has 0 aromatic rings. The quantitative estimate of drug-likeness (QED) is 0.172. The lowest BCUT2D eigenvalue weighted by molar-refractivity contribution is -0.271. The van der Waals surface area contributed by atoms with Crippen LogP contribution in [0.15, 0.2) is 5.11 Å². The van der Waals surface area contributed by atoms with Crippen molar-refractivity contribution in [1.29, 1.82) is 0 Å². The smallest absolute Gasteiger partial charge is 0.305 e. The minimum Gasteiger partial charge on any atom is -0.463 e. The molecular weight excluding hydrogens is 408 g/mol. The molecule has 166 valence electrons. The summed E-state index contributed by atoms with van der Waals surface area (Å²) in [4.78, 5) is 60.5. The fraction of sp³-hybridized carbons (Fsp3) is 0.688. The molecular formula is C16H22N4O10. The molecule has 1 saturated heterocycles. The maximum Gasteiger partial charge on any atom is 0.305 e. The molecule has 1 fully saturated rings. The number of hydrogen-bond acceptors (Lipinski definition) is 11. The first-order valence-corrected chi connectivity index (χ1v) is 8.65. The molecule has 1 N–H and O–H groups in total. The van der Waals surface area contributed by atoms with E-state index < -0.39 is 73.6 Å². The predicted molar refractivity (Wildman–Crippen MR) is 94.1 cm³/mol. The molecule has 1 aliphatic rings. The number of esters is 4. The van der Waals surface area contributed by atoms with Crippen LogP contribution in [0.1, 0.15) is 27.7 Å². The zero-order chi connectivity index (χ0) is 22.8. The van der Waals surface area contributed by atoms with Gasteiger partial charge in [-0.15, -0.1) is 0 Å². The van der Waals surface area contributed by atoms with E-state index in [1.165, 1.54) is 0 Å². The van der Waals surface area contributed by atoms with Gasteiger partial charge in [-0.05, 0) is 5.53 Å². The van der Waals surface area contributed by atoms with E-state index in [2.05, 4.69) is 15.3 Å². The summed E-state index contributed by atoms with van der Waals surface area (Å²) in [7, 11) is 0. The van der Waals surface area contributed by atoms with Gasteiger partial charge in [0, 0.05) is 32.6 Å². The molecule has 30 heavy (non-hydrogen) atoms. The van der Waals surface area contributed by atoms with Crippen molar-refractivity contribution < 1.29 is 47.7 Å². The number of ether oxygens (including phenoxy) is 5. The van der Waals surface area contributed by atoms with Gasteiger partial charge in [0.25, 0.3) is 0 Å². The Morgan fingerprint density at radius 3 is 2.00 bits per heavy atom. The molecule has 0 radical (unpaired) electrons. The largest absolute Gasteiger partial charge is 0.463 e. The van der Waals surface area contributed by atoms with Gasteiger partial charge in [-0.2, -0.15) is 0 Å². The second kappa shape index (κ2) is 11.6. The van der Waals surface area contributed by atoms with Gasteiger partial charge in [0.15, 0.2) is 12.2 Å². The van der Waals surface area contributed by atoms with Crippen LogP contribution in [0, 0.1) is 0 Å². The van der Waals surface area contributed by atoms with E-state index >= 15 is 0 Å².